The number of likely N-dealkylation sites (tertiary alicyclic amines) is 1. The Morgan fingerprint density at radius 2 is 2.15 bits per heavy atom. The van der Waals surface area contributed by atoms with E-state index < -0.39 is 0 Å². The molecule has 0 saturated carbocycles. The van der Waals surface area contributed by atoms with Crippen molar-refractivity contribution in [3.8, 4) is 0 Å². The van der Waals surface area contributed by atoms with Gasteiger partial charge in [0.05, 0.1) is 11.6 Å². The van der Waals surface area contributed by atoms with Crippen molar-refractivity contribution in [1.82, 2.24) is 24.8 Å². The minimum absolute atomic E-state index is 0.106. The first-order valence-electron chi connectivity index (χ1n) is 9.12. The first kappa shape index (κ1) is 17.4. The normalized spacial score (nSPS) is 17.1. The van der Waals surface area contributed by atoms with Crippen molar-refractivity contribution in [3.63, 3.8) is 0 Å². The molecule has 2 aromatic heterocycles. The summed E-state index contributed by atoms with van der Waals surface area (Å²) in [5, 5.41) is 9.46. The number of carbonyl (C=O) groups excluding carboxylic acids is 1. The molecule has 0 spiro atoms. The highest BCUT2D eigenvalue weighted by molar-refractivity contribution is 5.81. The number of rotatable bonds is 4. The molecule has 1 fully saturated rings. The molecule has 3 aromatic rings. The molecule has 0 radical (unpaired) electrons. The van der Waals surface area contributed by atoms with Crippen molar-refractivity contribution in [2.24, 2.45) is 0 Å². The molecular formula is C19H21N5O3. The summed E-state index contributed by atoms with van der Waals surface area (Å²) in [5.41, 5.74) is -0.267. The van der Waals surface area contributed by atoms with E-state index in [-0.39, 0.29) is 30.0 Å². The first-order valence-corrected chi connectivity index (χ1v) is 9.12. The van der Waals surface area contributed by atoms with Gasteiger partial charge in [0.15, 0.2) is 5.82 Å². The molecule has 1 saturated heterocycles. The number of aromatic nitrogens is 4. The second-order valence-corrected chi connectivity index (χ2v) is 7.09. The average molecular weight is 367 g/mol. The molecule has 0 N–H and O–H groups in total. The number of fused-ring (bicyclic) bond motifs is 1. The van der Waals surface area contributed by atoms with Gasteiger partial charge < -0.3 is 9.42 Å². The number of hydrogen-bond acceptors (Lipinski definition) is 6. The molecule has 4 rings (SSSR count). The van der Waals surface area contributed by atoms with Crippen molar-refractivity contribution in [2.75, 3.05) is 6.54 Å². The molecular weight excluding hydrogens is 346 g/mol. The fourth-order valence-electron chi connectivity index (χ4n) is 3.40. The van der Waals surface area contributed by atoms with Gasteiger partial charge in [-0.05, 0) is 18.9 Å². The number of hydrogen-bond donors (Lipinski definition) is 0. The third-order valence-corrected chi connectivity index (χ3v) is 4.88. The van der Waals surface area contributed by atoms with Crippen LogP contribution in [0.15, 0.2) is 39.8 Å². The fourth-order valence-corrected chi connectivity index (χ4v) is 3.40. The zero-order valence-corrected chi connectivity index (χ0v) is 15.3. The predicted molar refractivity (Wildman–Crippen MR) is 98.1 cm³/mol. The van der Waals surface area contributed by atoms with E-state index in [0.717, 1.165) is 18.2 Å². The van der Waals surface area contributed by atoms with Gasteiger partial charge >= 0.3 is 0 Å². The quantitative estimate of drug-likeness (QED) is 0.702. The van der Waals surface area contributed by atoms with Gasteiger partial charge in [0, 0.05) is 17.8 Å². The molecule has 1 unspecified atom stereocenters. The maximum Gasteiger partial charge on any atom is 0.275 e. The van der Waals surface area contributed by atoms with E-state index >= 15 is 0 Å². The van der Waals surface area contributed by atoms with Crippen LogP contribution in [-0.2, 0) is 11.3 Å². The van der Waals surface area contributed by atoms with Gasteiger partial charge in [0.1, 0.15) is 12.6 Å². The van der Waals surface area contributed by atoms with Crippen LogP contribution in [0.1, 0.15) is 50.4 Å². The Balaban J connectivity index is 1.57. The molecule has 0 aliphatic carbocycles. The second-order valence-electron chi connectivity index (χ2n) is 7.09. The Kier molecular flexibility index (Phi) is 4.47. The molecule has 0 bridgehead atoms. The van der Waals surface area contributed by atoms with E-state index in [1.807, 2.05) is 26.0 Å². The van der Waals surface area contributed by atoms with E-state index in [0.29, 0.717) is 23.6 Å². The van der Waals surface area contributed by atoms with E-state index in [9.17, 15) is 9.59 Å². The van der Waals surface area contributed by atoms with Gasteiger partial charge in [-0.1, -0.05) is 37.2 Å². The molecule has 1 amide bonds. The minimum Gasteiger partial charge on any atom is -0.337 e. The smallest absolute Gasteiger partial charge is 0.275 e. The summed E-state index contributed by atoms with van der Waals surface area (Å²) in [6.45, 7) is 4.48. The largest absolute Gasteiger partial charge is 0.337 e. The van der Waals surface area contributed by atoms with Crippen LogP contribution in [0.4, 0.5) is 0 Å². The van der Waals surface area contributed by atoms with E-state index in [1.165, 1.54) is 4.68 Å². The standard InChI is InChI=1S/C19H21N5O3/c1-12(2)17-21-18(27-22-17)15-8-5-9-23(15)16(25)11-24-19(26)14-7-4-3-6-13(14)10-20-24/h3-4,6-7,10,12,15H,5,8-9,11H2,1-2H3. The maximum absolute atomic E-state index is 12.9. The van der Waals surface area contributed by atoms with Crippen molar-refractivity contribution in [1.29, 1.82) is 0 Å². The molecule has 140 valence electrons. The van der Waals surface area contributed by atoms with Crippen molar-refractivity contribution >= 4 is 16.7 Å². The van der Waals surface area contributed by atoms with Gasteiger partial charge in [-0.3, -0.25) is 9.59 Å². The molecule has 1 aliphatic rings. The monoisotopic (exact) mass is 367 g/mol. The van der Waals surface area contributed by atoms with Crippen molar-refractivity contribution in [3.05, 3.63) is 52.5 Å². The summed E-state index contributed by atoms with van der Waals surface area (Å²) in [6.07, 6.45) is 3.24. The van der Waals surface area contributed by atoms with Crippen LogP contribution < -0.4 is 5.56 Å². The van der Waals surface area contributed by atoms with Gasteiger partial charge in [-0.2, -0.15) is 10.1 Å². The molecule has 8 heteroatoms. The number of benzene rings is 1. The molecule has 1 aliphatic heterocycles. The molecule has 8 nitrogen and oxygen atoms in total. The van der Waals surface area contributed by atoms with Crippen molar-refractivity contribution in [2.45, 2.75) is 45.2 Å². The third kappa shape index (κ3) is 3.22. The van der Waals surface area contributed by atoms with Crippen molar-refractivity contribution < 1.29 is 9.32 Å². The molecule has 1 atom stereocenters. The van der Waals surface area contributed by atoms with Gasteiger partial charge in [0.25, 0.3) is 5.56 Å². The summed E-state index contributed by atoms with van der Waals surface area (Å²) in [7, 11) is 0. The number of nitrogens with zero attached hydrogens (tertiary/aromatic N) is 5. The van der Waals surface area contributed by atoms with Crippen LogP contribution in [0.2, 0.25) is 0 Å². The zero-order valence-electron chi connectivity index (χ0n) is 15.3. The lowest BCUT2D eigenvalue weighted by Gasteiger charge is -2.22. The topological polar surface area (TPSA) is 94.1 Å². The summed E-state index contributed by atoms with van der Waals surface area (Å²) in [4.78, 5) is 31.6. The molecule has 27 heavy (non-hydrogen) atoms. The SMILES string of the molecule is CC(C)c1noc(C2CCCN2C(=O)Cn2ncc3ccccc3c2=O)n1. The minimum atomic E-state index is -0.267. The molecule has 1 aromatic carbocycles. The van der Waals surface area contributed by atoms with Gasteiger partial charge in [-0.15, -0.1) is 0 Å². The zero-order chi connectivity index (χ0) is 19.0. The highest BCUT2D eigenvalue weighted by Crippen LogP contribution is 2.31. The first-order chi connectivity index (χ1) is 13.0. The van der Waals surface area contributed by atoms with Crippen LogP contribution in [0.25, 0.3) is 10.8 Å². The fraction of sp³-hybridized carbons (Fsp3) is 0.421. The summed E-state index contributed by atoms with van der Waals surface area (Å²) in [6, 6.07) is 6.98. The lowest BCUT2D eigenvalue weighted by atomic mass is 10.2. The average Bonchev–Trinajstić information content (AvgIpc) is 3.33. The Hall–Kier alpha value is -3.03. The highest BCUT2D eigenvalue weighted by atomic mass is 16.5. The van der Waals surface area contributed by atoms with E-state index in [2.05, 4.69) is 15.2 Å². The Labute approximate surface area is 155 Å². The lowest BCUT2D eigenvalue weighted by Crippen LogP contribution is -2.37. The van der Waals surface area contributed by atoms with Crippen LogP contribution in [0, 0.1) is 0 Å². The number of amides is 1. The highest BCUT2D eigenvalue weighted by Gasteiger charge is 2.34. The van der Waals surface area contributed by atoms with Crippen LogP contribution in [0.3, 0.4) is 0 Å². The van der Waals surface area contributed by atoms with Gasteiger partial charge in [0.2, 0.25) is 11.8 Å². The summed E-state index contributed by atoms with van der Waals surface area (Å²) in [5.74, 6) is 1.08. The second kappa shape index (κ2) is 6.94. The summed E-state index contributed by atoms with van der Waals surface area (Å²) < 4.78 is 6.60. The summed E-state index contributed by atoms with van der Waals surface area (Å²) >= 11 is 0. The maximum atomic E-state index is 12.9. The van der Waals surface area contributed by atoms with Crippen LogP contribution in [0.5, 0.6) is 0 Å². The van der Waals surface area contributed by atoms with Gasteiger partial charge in [-0.25, -0.2) is 4.68 Å². The third-order valence-electron chi connectivity index (χ3n) is 4.88. The van der Waals surface area contributed by atoms with E-state index in [4.69, 9.17) is 4.52 Å². The lowest BCUT2D eigenvalue weighted by molar-refractivity contribution is -0.133. The number of carbonyl (C=O) groups is 1. The molecule has 3 heterocycles. The van der Waals surface area contributed by atoms with Crippen LogP contribution in [-0.4, -0.2) is 37.3 Å². The Bertz CT molecular complexity index is 1040. The Morgan fingerprint density at radius 1 is 1.33 bits per heavy atom. The van der Waals surface area contributed by atoms with E-state index in [1.54, 1.807) is 23.2 Å². The Morgan fingerprint density at radius 3 is 2.93 bits per heavy atom. The van der Waals surface area contributed by atoms with Crippen LogP contribution >= 0.6 is 0 Å². The predicted octanol–water partition coefficient (Wildman–Crippen LogP) is 2.27.